The second-order valence-electron chi connectivity index (χ2n) is 6.20. The molecule has 28 heavy (non-hydrogen) atoms. The molecule has 0 saturated carbocycles. The molecule has 0 aliphatic rings. The summed E-state index contributed by atoms with van der Waals surface area (Å²) in [5.74, 6) is 0.876. The van der Waals surface area contributed by atoms with Gasteiger partial charge >= 0.3 is 0 Å². The number of methoxy groups -OCH3 is 1. The highest BCUT2D eigenvalue weighted by Crippen LogP contribution is 2.22. The lowest BCUT2D eigenvalue weighted by atomic mass is 10.2. The van der Waals surface area contributed by atoms with Crippen LogP contribution < -0.4 is 19.5 Å². The predicted molar refractivity (Wildman–Crippen MR) is 107 cm³/mol. The van der Waals surface area contributed by atoms with Crippen LogP contribution >= 0.6 is 0 Å². The number of carbonyl (C=O) groups excluding carboxylic acids is 1. The molecule has 0 bridgehead atoms. The van der Waals surface area contributed by atoms with Gasteiger partial charge in [0, 0.05) is 18.7 Å². The Kier molecular flexibility index (Phi) is 7.83. The molecule has 2 aromatic rings. The van der Waals surface area contributed by atoms with Gasteiger partial charge in [0.25, 0.3) is 5.91 Å². The fourth-order valence-electron chi connectivity index (χ4n) is 2.51. The third-order valence-electron chi connectivity index (χ3n) is 4.03. The van der Waals surface area contributed by atoms with Gasteiger partial charge in [-0.1, -0.05) is 25.1 Å². The van der Waals surface area contributed by atoms with Crippen LogP contribution in [0.2, 0.25) is 0 Å². The summed E-state index contributed by atoms with van der Waals surface area (Å²) >= 11 is 0. The van der Waals surface area contributed by atoms with Crippen LogP contribution in [0, 0.1) is 6.92 Å². The van der Waals surface area contributed by atoms with Crippen LogP contribution in [-0.2, 0) is 21.4 Å². The number of nitrogens with one attached hydrogen (secondary N) is 2. The Morgan fingerprint density at radius 2 is 1.86 bits per heavy atom. The lowest BCUT2D eigenvalue weighted by Crippen LogP contribution is -2.28. The van der Waals surface area contributed by atoms with E-state index in [4.69, 9.17) is 9.47 Å². The number of ether oxygens (including phenoxy) is 2. The Hall–Kier alpha value is -2.58. The van der Waals surface area contributed by atoms with Gasteiger partial charge in [-0.2, -0.15) is 0 Å². The van der Waals surface area contributed by atoms with E-state index in [0.717, 1.165) is 5.56 Å². The van der Waals surface area contributed by atoms with Crippen LogP contribution in [0.3, 0.4) is 0 Å². The van der Waals surface area contributed by atoms with Gasteiger partial charge in [0.05, 0.1) is 12.0 Å². The van der Waals surface area contributed by atoms with Crippen molar-refractivity contribution in [2.45, 2.75) is 31.7 Å². The summed E-state index contributed by atoms with van der Waals surface area (Å²) in [6.07, 6.45) is 0.712. The fraction of sp³-hybridized carbons (Fsp3) is 0.350. The molecule has 2 N–H and O–H groups in total. The molecule has 7 nitrogen and oxygen atoms in total. The van der Waals surface area contributed by atoms with Gasteiger partial charge in [-0.25, -0.2) is 13.1 Å². The SMILES string of the molecule is CCCNS(=O)(=O)c1ccc(OCC(=O)NCc2ccccc2OC)c(C)c1. The van der Waals surface area contributed by atoms with E-state index in [9.17, 15) is 13.2 Å². The first-order valence-electron chi connectivity index (χ1n) is 8.99. The van der Waals surface area contributed by atoms with E-state index in [0.29, 0.717) is 36.6 Å². The molecule has 0 aliphatic heterocycles. The first kappa shape index (κ1) is 21.7. The van der Waals surface area contributed by atoms with E-state index in [1.807, 2.05) is 31.2 Å². The Labute approximate surface area is 166 Å². The number of sulfonamides is 1. The quantitative estimate of drug-likeness (QED) is 0.632. The van der Waals surface area contributed by atoms with Crippen LogP contribution in [0.5, 0.6) is 11.5 Å². The maximum Gasteiger partial charge on any atom is 0.258 e. The molecular weight excluding hydrogens is 380 g/mol. The average molecular weight is 407 g/mol. The topological polar surface area (TPSA) is 93.7 Å². The molecule has 8 heteroatoms. The van der Waals surface area contributed by atoms with E-state index in [1.165, 1.54) is 12.1 Å². The standard InChI is InChI=1S/C20H26N2O5S/c1-4-11-22-28(24,25)17-9-10-18(15(2)12-17)27-14-20(23)21-13-16-7-5-6-8-19(16)26-3/h5-10,12,22H,4,11,13-14H2,1-3H3,(H,21,23). The summed E-state index contributed by atoms with van der Waals surface area (Å²) in [4.78, 5) is 12.2. The molecule has 0 aliphatic carbocycles. The van der Waals surface area contributed by atoms with Crippen molar-refractivity contribution in [2.24, 2.45) is 0 Å². The van der Waals surface area contributed by atoms with Crippen LogP contribution in [0.1, 0.15) is 24.5 Å². The molecule has 0 fully saturated rings. The van der Waals surface area contributed by atoms with Gasteiger partial charge in [-0.3, -0.25) is 4.79 Å². The van der Waals surface area contributed by atoms with Crippen molar-refractivity contribution in [1.82, 2.24) is 10.0 Å². The summed E-state index contributed by atoms with van der Waals surface area (Å²) in [7, 11) is -1.96. The highest BCUT2D eigenvalue weighted by atomic mass is 32.2. The minimum Gasteiger partial charge on any atom is -0.496 e. The van der Waals surface area contributed by atoms with Gasteiger partial charge in [0.15, 0.2) is 6.61 Å². The fourth-order valence-corrected chi connectivity index (χ4v) is 3.73. The Morgan fingerprint density at radius 1 is 1.11 bits per heavy atom. The van der Waals surface area contributed by atoms with E-state index >= 15 is 0 Å². The second kappa shape index (κ2) is 10.1. The van der Waals surface area contributed by atoms with Crippen molar-refractivity contribution in [3.63, 3.8) is 0 Å². The van der Waals surface area contributed by atoms with Crippen molar-refractivity contribution in [3.05, 3.63) is 53.6 Å². The zero-order chi connectivity index (χ0) is 20.6. The van der Waals surface area contributed by atoms with E-state index in [-0.39, 0.29) is 17.4 Å². The summed E-state index contributed by atoms with van der Waals surface area (Å²) < 4.78 is 37.6. The summed E-state index contributed by atoms with van der Waals surface area (Å²) in [6.45, 7) is 4.16. The summed E-state index contributed by atoms with van der Waals surface area (Å²) in [6, 6.07) is 12.0. The van der Waals surface area contributed by atoms with E-state index in [1.54, 1.807) is 20.1 Å². The Morgan fingerprint density at radius 3 is 2.54 bits per heavy atom. The monoisotopic (exact) mass is 406 g/mol. The minimum atomic E-state index is -3.54. The zero-order valence-electron chi connectivity index (χ0n) is 16.3. The molecule has 0 aromatic heterocycles. The molecule has 0 spiro atoms. The lowest BCUT2D eigenvalue weighted by Gasteiger charge is -2.12. The lowest BCUT2D eigenvalue weighted by molar-refractivity contribution is -0.123. The normalized spacial score (nSPS) is 11.1. The minimum absolute atomic E-state index is 0.170. The first-order valence-corrected chi connectivity index (χ1v) is 10.5. The number of carbonyl (C=O) groups is 1. The smallest absolute Gasteiger partial charge is 0.258 e. The molecule has 152 valence electrons. The molecule has 0 unspecified atom stereocenters. The van der Waals surface area contributed by atoms with Crippen LogP contribution in [-0.4, -0.2) is 34.6 Å². The van der Waals surface area contributed by atoms with Crippen LogP contribution in [0.4, 0.5) is 0 Å². The van der Waals surface area contributed by atoms with Crippen LogP contribution in [0.15, 0.2) is 47.4 Å². The number of aryl methyl sites for hydroxylation is 1. The third-order valence-corrected chi connectivity index (χ3v) is 5.48. The zero-order valence-corrected chi connectivity index (χ0v) is 17.1. The average Bonchev–Trinajstić information content (AvgIpc) is 2.69. The van der Waals surface area contributed by atoms with Gasteiger partial charge in [-0.15, -0.1) is 0 Å². The molecule has 0 saturated heterocycles. The number of rotatable bonds is 10. The molecule has 1 amide bonds. The largest absolute Gasteiger partial charge is 0.496 e. The van der Waals surface area contributed by atoms with Crippen LogP contribution in [0.25, 0.3) is 0 Å². The number of hydrogen-bond donors (Lipinski definition) is 2. The van der Waals surface area contributed by atoms with Crippen molar-refractivity contribution < 1.29 is 22.7 Å². The van der Waals surface area contributed by atoms with E-state index in [2.05, 4.69) is 10.0 Å². The Balaban J connectivity index is 1.92. The Bertz CT molecular complexity index is 913. The highest BCUT2D eigenvalue weighted by Gasteiger charge is 2.15. The number of para-hydroxylation sites is 1. The molecule has 0 radical (unpaired) electrons. The third kappa shape index (κ3) is 5.97. The van der Waals surface area contributed by atoms with Gasteiger partial charge in [0.1, 0.15) is 11.5 Å². The maximum atomic E-state index is 12.2. The van der Waals surface area contributed by atoms with Crippen molar-refractivity contribution >= 4 is 15.9 Å². The molecule has 0 heterocycles. The first-order chi connectivity index (χ1) is 13.4. The van der Waals surface area contributed by atoms with Crippen molar-refractivity contribution in [2.75, 3.05) is 20.3 Å². The molecular formula is C20H26N2O5S. The number of amides is 1. The van der Waals surface area contributed by atoms with Crippen molar-refractivity contribution in [3.8, 4) is 11.5 Å². The molecule has 2 aromatic carbocycles. The maximum absolute atomic E-state index is 12.2. The summed E-state index contributed by atoms with van der Waals surface area (Å²) in [5, 5.41) is 2.77. The predicted octanol–water partition coefficient (Wildman–Crippen LogP) is 2.39. The second-order valence-corrected chi connectivity index (χ2v) is 7.97. The summed E-state index contributed by atoms with van der Waals surface area (Å²) in [5.41, 5.74) is 1.50. The molecule has 2 rings (SSSR count). The van der Waals surface area contributed by atoms with Crippen molar-refractivity contribution in [1.29, 1.82) is 0 Å². The van der Waals surface area contributed by atoms with Gasteiger partial charge in [0.2, 0.25) is 10.0 Å². The van der Waals surface area contributed by atoms with Gasteiger partial charge < -0.3 is 14.8 Å². The highest BCUT2D eigenvalue weighted by molar-refractivity contribution is 7.89. The number of benzene rings is 2. The number of hydrogen-bond acceptors (Lipinski definition) is 5. The van der Waals surface area contributed by atoms with Gasteiger partial charge in [-0.05, 0) is 43.2 Å². The van der Waals surface area contributed by atoms with E-state index < -0.39 is 10.0 Å². The molecule has 0 atom stereocenters.